The first-order chi connectivity index (χ1) is 17.5. The minimum absolute atomic E-state index is 0.248. The molecule has 1 aliphatic rings. The summed E-state index contributed by atoms with van der Waals surface area (Å²) >= 11 is 0. The van der Waals surface area contributed by atoms with Crippen molar-refractivity contribution < 1.29 is 9.30 Å². The molecule has 1 aliphatic heterocycles. The standard InChI is InChI=1S/C35H38NO/c1-20(2)15-29-26-11-9-21(3)16-28(26)22(4)31-33-32-27(13-14-36(33)8)25-12-10-23(19-35(5,6)7)17-24(25)18-30(32)37-34(29)31/h9-14,16-18,20H,15,19H2,1-8H3/q+1. The van der Waals surface area contributed by atoms with Gasteiger partial charge in [0.05, 0.1) is 10.9 Å². The number of aromatic nitrogens is 1. The molecule has 0 amide bonds. The lowest BCUT2D eigenvalue weighted by atomic mass is 9.84. The number of ether oxygens (including phenoxy) is 1. The van der Waals surface area contributed by atoms with E-state index in [1.165, 1.54) is 65.8 Å². The molecule has 0 aliphatic carbocycles. The van der Waals surface area contributed by atoms with E-state index in [0.29, 0.717) is 5.92 Å². The third-order valence-corrected chi connectivity index (χ3v) is 7.84. The minimum Gasteiger partial charge on any atom is -0.455 e. The highest BCUT2D eigenvalue weighted by molar-refractivity contribution is 6.16. The van der Waals surface area contributed by atoms with E-state index in [1.54, 1.807) is 0 Å². The minimum atomic E-state index is 0.248. The zero-order chi connectivity index (χ0) is 26.2. The van der Waals surface area contributed by atoms with Crippen LogP contribution in [-0.4, -0.2) is 0 Å². The van der Waals surface area contributed by atoms with Gasteiger partial charge >= 0.3 is 0 Å². The largest absolute Gasteiger partial charge is 0.455 e. The summed E-state index contributed by atoms with van der Waals surface area (Å²) in [6, 6.07) is 18.4. The Hall–Kier alpha value is -3.39. The molecule has 0 unspecified atom stereocenters. The molecule has 2 nitrogen and oxygen atoms in total. The summed E-state index contributed by atoms with van der Waals surface area (Å²) in [5.41, 5.74) is 8.06. The summed E-state index contributed by atoms with van der Waals surface area (Å²) in [5, 5.41) is 7.70. The second kappa shape index (κ2) is 8.31. The first-order valence-electron chi connectivity index (χ1n) is 13.6. The first-order valence-corrected chi connectivity index (χ1v) is 13.6. The zero-order valence-electron chi connectivity index (χ0n) is 23.5. The summed E-state index contributed by atoms with van der Waals surface area (Å²) in [5.74, 6) is 2.55. The van der Waals surface area contributed by atoms with Gasteiger partial charge in [-0.05, 0) is 76.8 Å². The number of benzene rings is 4. The van der Waals surface area contributed by atoms with Gasteiger partial charge in [0.25, 0.3) is 0 Å². The summed E-state index contributed by atoms with van der Waals surface area (Å²) < 4.78 is 9.28. The van der Waals surface area contributed by atoms with Gasteiger partial charge in [0.1, 0.15) is 18.5 Å². The number of rotatable bonds is 3. The fourth-order valence-corrected chi connectivity index (χ4v) is 6.34. The molecule has 6 rings (SSSR count). The lowest BCUT2D eigenvalue weighted by Gasteiger charge is -2.26. The Kier molecular flexibility index (Phi) is 5.39. The molecule has 0 N–H and O–H groups in total. The molecule has 0 spiro atoms. The molecule has 1 aromatic heterocycles. The number of pyridine rings is 1. The van der Waals surface area contributed by atoms with Crippen LogP contribution >= 0.6 is 0 Å². The number of fused-ring (bicyclic) bond motifs is 5. The number of hydrogen-bond donors (Lipinski definition) is 0. The number of hydrogen-bond acceptors (Lipinski definition) is 1. The average molecular weight is 489 g/mol. The van der Waals surface area contributed by atoms with Crippen LogP contribution in [0.1, 0.15) is 56.9 Å². The van der Waals surface area contributed by atoms with Gasteiger partial charge in [-0.15, -0.1) is 0 Å². The fraction of sp³-hybridized carbons (Fsp3) is 0.343. The van der Waals surface area contributed by atoms with Gasteiger partial charge in [-0.3, -0.25) is 0 Å². The topological polar surface area (TPSA) is 13.1 Å². The molecule has 0 saturated heterocycles. The third kappa shape index (κ3) is 3.89. The van der Waals surface area contributed by atoms with E-state index >= 15 is 0 Å². The quantitative estimate of drug-likeness (QED) is 0.179. The van der Waals surface area contributed by atoms with E-state index in [9.17, 15) is 0 Å². The van der Waals surface area contributed by atoms with Crippen LogP contribution in [0, 0.1) is 25.2 Å². The Morgan fingerprint density at radius 1 is 0.865 bits per heavy atom. The maximum Gasteiger partial charge on any atom is 0.228 e. The predicted octanol–water partition coefficient (Wildman–Crippen LogP) is 9.15. The van der Waals surface area contributed by atoms with Gasteiger partial charge < -0.3 is 4.74 Å². The van der Waals surface area contributed by atoms with Gasteiger partial charge in [-0.1, -0.05) is 76.6 Å². The van der Waals surface area contributed by atoms with Crippen LogP contribution in [-0.2, 0) is 19.9 Å². The molecular formula is C35H38NO+. The van der Waals surface area contributed by atoms with Crippen molar-refractivity contribution in [2.45, 2.75) is 61.3 Å². The molecule has 5 aromatic rings. The van der Waals surface area contributed by atoms with Crippen molar-refractivity contribution in [3.05, 3.63) is 77.0 Å². The second-order valence-corrected chi connectivity index (χ2v) is 12.8. The monoisotopic (exact) mass is 488 g/mol. The molecule has 0 fully saturated rings. The summed E-state index contributed by atoms with van der Waals surface area (Å²) in [4.78, 5) is 0. The summed E-state index contributed by atoms with van der Waals surface area (Å²) in [6.45, 7) is 16.0. The number of aryl methyl sites for hydroxylation is 3. The highest BCUT2D eigenvalue weighted by Crippen LogP contribution is 2.52. The predicted molar refractivity (Wildman–Crippen MR) is 157 cm³/mol. The Labute approximate surface area is 220 Å². The van der Waals surface area contributed by atoms with Crippen molar-refractivity contribution in [3.63, 3.8) is 0 Å². The molecule has 0 atom stereocenters. The Morgan fingerprint density at radius 3 is 2.35 bits per heavy atom. The molecule has 2 heterocycles. The fourth-order valence-electron chi connectivity index (χ4n) is 6.34. The number of nitrogens with zero attached hydrogens (tertiary/aromatic N) is 1. The van der Waals surface area contributed by atoms with E-state index < -0.39 is 0 Å². The van der Waals surface area contributed by atoms with Gasteiger partial charge in [-0.25, -0.2) is 4.57 Å². The van der Waals surface area contributed by atoms with Gasteiger partial charge in [0, 0.05) is 17.0 Å². The van der Waals surface area contributed by atoms with Gasteiger partial charge in [0.2, 0.25) is 5.69 Å². The van der Waals surface area contributed by atoms with Crippen LogP contribution in [0.25, 0.3) is 43.6 Å². The summed E-state index contributed by atoms with van der Waals surface area (Å²) in [7, 11) is 2.17. The zero-order valence-corrected chi connectivity index (χ0v) is 23.5. The lowest BCUT2D eigenvalue weighted by molar-refractivity contribution is -0.659. The lowest BCUT2D eigenvalue weighted by Crippen LogP contribution is -2.32. The van der Waals surface area contributed by atoms with Crippen LogP contribution < -0.4 is 9.30 Å². The Balaban J connectivity index is 1.72. The smallest absolute Gasteiger partial charge is 0.228 e. The highest BCUT2D eigenvalue weighted by Gasteiger charge is 2.33. The van der Waals surface area contributed by atoms with Crippen molar-refractivity contribution in [3.8, 4) is 22.8 Å². The molecule has 2 heteroatoms. The second-order valence-electron chi connectivity index (χ2n) is 12.8. The van der Waals surface area contributed by atoms with Gasteiger partial charge in [0.15, 0.2) is 6.20 Å². The van der Waals surface area contributed by atoms with Crippen LogP contribution in [0.15, 0.2) is 54.7 Å². The highest BCUT2D eigenvalue weighted by atomic mass is 16.5. The molecule has 4 aromatic carbocycles. The van der Waals surface area contributed by atoms with E-state index in [4.69, 9.17) is 4.74 Å². The molecule has 0 saturated carbocycles. The van der Waals surface area contributed by atoms with Crippen LogP contribution in [0.4, 0.5) is 0 Å². The van der Waals surface area contributed by atoms with Crippen LogP contribution in [0.5, 0.6) is 11.5 Å². The normalized spacial score (nSPS) is 13.0. The average Bonchev–Trinajstić information content (AvgIpc) is 2.81. The van der Waals surface area contributed by atoms with Crippen molar-refractivity contribution >= 4 is 32.3 Å². The molecule has 0 bridgehead atoms. The SMILES string of the molecule is Cc1ccc2c(CC(C)C)c3c(c(C)c2c1)-c1c2c(cc4cc(CC(C)(C)C)ccc4c2cc[n+]1C)O3. The maximum atomic E-state index is 6.99. The van der Waals surface area contributed by atoms with Gasteiger partial charge in [-0.2, -0.15) is 0 Å². The molecule has 37 heavy (non-hydrogen) atoms. The van der Waals surface area contributed by atoms with E-state index in [0.717, 1.165) is 24.3 Å². The van der Waals surface area contributed by atoms with Crippen LogP contribution in [0.3, 0.4) is 0 Å². The first kappa shape index (κ1) is 24.0. The Morgan fingerprint density at radius 2 is 1.62 bits per heavy atom. The van der Waals surface area contributed by atoms with Crippen molar-refractivity contribution in [2.75, 3.05) is 0 Å². The maximum absolute atomic E-state index is 6.99. The molecule has 188 valence electrons. The van der Waals surface area contributed by atoms with Crippen LogP contribution in [0.2, 0.25) is 0 Å². The van der Waals surface area contributed by atoms with Crippen molar-refractivity contribution in [1.82, 2.24) is 0 Å². The molecular weight excluding hydrogens is 450 g/mol. The van der Waals surface area contributed by atoms with E-state index in [-0.39, 0.29) is 5.41 Å². The Bertz CT molecular complexity index is 1730. The van der Waals surface area contributed by atoms with Crippen molar-refractivity contribution in [1.29, 1.82) is 0 Å². The summed E-state index contributed by atoms with van der Waals surface area (Å²) in [6.07, 6.45) is 4.26. The third-order valence-electron chi connectivity index (χ3n) is 7.84. The molecule has 0 radical (unpaired) electrons. The van der Waals surface area contributed by atoms with Crippen molar-refractivity contribution in [2.24, 2.45) is 18.4 Å². The van der Waals surface area contributed by atoms with E-state index in [1.807, 2.05) is 0 Å². The van der Waals surface area contributed by atoms with E-state index in [2.05, 4.69) is 115 Å².